The van der Waals surface area contributed by atoms with Crippen LogP contribution < -0.4 is 0 Å². The zero-order valence-corrected chi connectivity index (χ0v) is 17.0. The lowest BCUT2D eigenvalue weighted by Crippen LogP contribution is -2.47. The zero-order chi connectivity index (χ0) is 19.5. The SMILES string of the molecule is c1ccc(C(c2ccccc2)N2CCC(N3CCc4ccncc4C3)CC2)cc1. The Balaban J connectivity index is 1.30. The number of nitrogens with zero attached hydrogens (tertiary/aromatic N) is 3. The number of rotatable bonds is 4. The van der Waals surface area contributed by atoms with Crippen molar-refractivity contribution in [1.82, 2.24) is 14.8 Å². The van der Waals surface area contributed by atoms with Crippen LogP contribution in [0.5, 0.6) is 0 Å². The lowest BCUT2D eigenvalue weighted by molar-refractivity contribution is 0.0842. The summed E-state index contributed by atoms with van der Waals surface area (Å²) in [5.41, 5.74) is 5.71. The van der Waals surface area contributed by atoms with E-state index in [1.807, 2.05) is 6.20 Å². The third-order valence-electron chi connectivity index (χ3n) is 6.66. The summed E-state index contributed by atoms with van der Waals surface area (Å²) in [6.45, 7) is 4.54. The lowest BCUT2D eigenvalue weighted by atomic mass is 9.92. The van der Waals surface area contributed by atoms with Crippen LogP contribution in [0.15, 0.2) is 79.1 Å². The van der Waals surface area contributed by atoms with E-state index in [1.54, 1.807) is 0 Å². The summed E-state index contributed by atoms with van der Waals surface area (Å²) in [5.74, 6) is 0. The van der Waals surface area contributed by atoms with Gasteiger partial charge in [0, 0.05) is 44.6 Å². The molecule has 0 spiro atoms. The molecule has 2 aliphatic rings. The topological polar surface area (TPSA) is 19.4 Å². The molecule has 0 N–H and O–H groups in total. The van der Waals surface area contributed by atoms with Gasteiger partial charge >= 0.3 is 0 Å². The minimum absolute atomic E-state index is 0.352. The maximum absolute atomic E-state index is 4.35. The van der Waals surface area contributed by atoms with Gasteiger partial charge in [-0.2, -0.15) is 0 Å². The van der Waals surface area contributed by atoms with Crippen LogP contribution in [-0.2, 0) is 13.0 Å². The van der Waals surface area contributed by atoms with Crippen LogP contribution in [0.3, 0.4) is 0 Å². The highest BCUT2D eigenvalue weighted by atomic mass is 15.2. The number of hydrogen-bond acceptors (Lipinski definition) is 3. The molecule has 3 nitrogen and oxygen atoms in total. The molecule has 0 radical (unpaired) electrons. The molecule has 0 unspecified atom stereocenters. The van der Waals surface area contributed by atoms with Crippen LogP contribution in [0.1, 0.15) is 41.1 Å². The molecular formula is C26H29N3. The predicted molar refractivity (Wildman–Crippen MR) is 118 cm³/mol. The quantitative estimate of drug-likeness (QED) is 0.651. The minimum Gasteiger partial charge on any atom is -0.296 e. The van der Waals surface area contributed by atoms with E-state index in [0.717, 1.165) is 26.1 Å². The zero-order valence-electron chi connectivity index (χ0n) is 17.0. The number of pyridine rings is 1. The molecule has 29 heavy (non-hydrogen) atoms. The van der Waals surface area contributed by atoms with Gasteiger partial charge in [0.1, 0.15) is 0 Å². The molecule has 1 aromatic heterocycles. The number of aromatic nitrogens is 1. The fourth-order valence-electron chi connectivity index (χ4n) is 5.11. The summed E-state index contributed by atoms with van der Waals surface area (Å²) >= 11 is 0. The van der Waals surface area contributed by atoms with Crippen molar-refractivity contribution in [1.29, 1.82) is 0 Å². The number of fused-ring (bicyclic) bond motifs is 1. The molecule has 0 bridgehead atoms. The number of benzene rings is 2. The predicted octanol–water partition coefficient (Wildman–Crippen LogP) is 4.69. The van der Waals surface area contributed by atoms with Crippen molar-refractivity contribution >= 4 is 0 Å². The molecule has 0 aliphatic carbocycles. The van der Waals surface area contributed by atoms with Crippen LogP contribution in [-0.4, -0.2) is 40.5 Å². The van der Waals surface area contributed by atoms with Crippen molar-refractivity contribution in [2.24, 2.45) is 0 Å². The maximum Gasteiger partial charge on any atom is 0.0601 e. The van der Waals surface area contributed by atoms with Crippen molar-refractivity contribution in [2.75, 3.05) is 19.6 Å². The summed E-state index contributed by atoms with van der Waals surface area (Å²) in [4.78, 5) is 9.72. The second-order valence-electron chi connectivity index (χ2n) is 8.36. The fourth-order valence-corrected chi connectivity index (χ4v) is 5.11. The molecular weight excluding hydrogens is 354 g/mol. The van der Waals surface area contributed by atoms with E-state index in [4.69, 9.17) is 0 Å². The third kappa shape index (κ3) is 3.98. The molecule has 148 valence electrons. The summed E-state index contributed by atoms with van der Waals surface area (Å²) in [5, 5.41) is 0. The van der Waals surface area contributed by atoms with Crippen molar-refractivity contribution in [3.8, 4) is 0 Å². The Kier molecular flexibility index (Phi) is 5.42. The van der Waals surface area contributed by atoms with Gasteiger partial charge in [-0.15, -0.1) is 0 Å². The van der Waals surface area contributed by atoms with Crippen LogP contribution in [0.4, 0.5) is 0 Å². The first-order valence-corrected chi connectivity index (χ1v) is 10.9. The Bertz CT molecular complexity index is 877. The highest BCUT2D eigenvalue weighted by Crippen LogP contribution is 2.33. The Hall–Kier alpha value is -2.49. The first-order valence-electron chi connectivity index (χ1n) is 10.9. The Morgan fingerprint density at radius 3 is 2.07 bits per heavy atom. The Labute approximate surface area is 174 Å². The molecule has 2 aliphatic heterocycles. The molecule has 3 aromatic rings. The first kappa shape index (κ1) is 18.5. The van der Waals surface area contributed by atoms with E-state index in [2.05, 4.69) is 87.7 Å². The summed E-state index contributed by atoms with van der Waals surface area (Å²) in [6.07, 6.45) is 7.64. The molecule has 0 saturated carbocycles. The van der Waals surface area contributed by atoms with Gasteiger partial charge in [0.15, 0.2) is 0 Å². The second kappa shape index (κ2) is 8.48. The molecule has 0 amide bonds. The van der Waals surface area contributed by atoms with E-state index in [0.29, 0.717) is 12.1 Å². The highest BCUT2D eigenvalue weighted by molar-refractivity contribution is 5.32. The van der Waals surface area contributed by atoms with Crippen molar-refractivity contribution in [3.05, 3.63) is 101 Å². The van der Waals surface area contributed by atoms with Gasteiger partial charge in [0.25, 0.3) is 0 Å². The fraction of sp³-hybridized carbons (Fsp3) is 0.346. The number of hydrogen-bond donors (Lipinski definition) is 0. The normalized spacial score (nSPS) is 18.7. The highest BCUT2D eigenvalue weighted by Gasteiger charge is 2.31. The van der Waals surface area contributed by atoms with Crippen LogP contribution in [0, 0.1) is 0 Å². The van der Waals surface area contributed by atoms with E-state index in [-0.39, 0.29) is 0 Å². The van der Waals surface area contributed by atoms with Gasteiger partial charge in [-0.1, -0.05) is 60.7 Å². The average Bonchev–Trinajstić information content (AvgIpc) is 2.81. The van der Waals surface area contributed by atoms with Gasteiger partial charge in [0.2, 0.25) is 0 Å². The molecule has 2 aromatic carbocycles. The molecule has 3 heterocycles. The monoisotopic (exact) mass is 383 g/mol. The standard InChI is InChI=1S/C26H29N3/c1-3-7-22(8-4-1)26(23-9-5-2-6-10-23)28-17-13-25(14-18-28)29-16-12-21-11-15-27-19-24(21)20-29/h1-11,15,19,25-26H,12-14,16-18,20H2. The lowest BCUT2D eigenvalue weighted by Gasteiger charge is -2.43. The molecule has 1 saturated heterocycles. The maximum atomic E-state index is 4.35. The third-order valence-corrected chi connectivity index (χ3v) is 6.66. The smallest absolute Gasteiger partial charge is 0.0601 e. The van der Waals surface area contributed by atoms with Gasteiger partial charge < -0.3 is 0 Å². The minimum atomic E-state index is 0.352. The Morgan fingerprint density at radius 2 is 1.41 bits per heavy atom. The molecule has 1 fully saturated rings. The van der Waals surface area contributed by atoms with Crippen LogP contribution >= 0.6 is 0 Å². The van der Waals surface area contributed by atoms with Crippen molar-refractivity contribution < 1.29 is 0 Å². The van der Waals surface area contributed by atoms with Gasteiger partial charge in [-0.25, -0.2) is 0 Å². The van der Waals surface area contributed by atoms with Gasteiger partial charge in [-0.05, 0) is 47.6 Å². The van der Waals surface area contributed by atoms with Crippen LogP contribution in [0.2, 0.25) is 0 Å². The van der Waals surface area contributed by atoms with Gasteiger partial charge in [0.05, 0.1) is 6.04 Å². The van der Waals surface area contributed by atoms with E-state index < -0.39 is 0 Å². The van der Waals surface area contributed by atoms with Crippen molar-refractivity contribution in [3.63, 3.8) is 0 Å². The molecule has 3 heteroatoms. The largest absolute Gasteiger partial charge is 0.296 e. The van der Waals surface area contributed by atoms with Gasteiger partial charge in [-0.3, -0.25) is 14.8 Å². The molecule has 5 rings (SSSR count). The Morgan fingerprint density at radius 1 is 0.759 bits per heavy atom. The second-order valence-corrected chi connectivity index (χ2v) is 8.36. The number of piperidine rings is 1. The average molecular weight is 384 g/mol. The first-order chi connectivity index (χ1) is 14.4. The van der Waals surface area contributed by atoms with E-state index >= 15 is 0 Å². The van der Waals surface area contributed by atoms with E-state index in [1.165, 1.54) is 41.6 Å². The summed E-state index contributed by atoms with van der Waals surface area (Å²) in [6, 6.07) is 25.2. The number of likely N-dealkylation sites (tertiary alicyclic amines) is 1. The van der Waals surface area contributed by atoms with Crippen molar-refractivity contribution in [2.45, 2.75) is 37.9 Å². The van der Waals surface area contributed by atoms with Crippen LogP contribution in [0.25, 0.3) is 0 Å². The molecule has 0 atom stereocenters. The summed E-state index contributed by atoms with van der Waals surface area (Å²) in [7, 11) is 0. The summed E-state index contributed by atoms with van der Waals surface area (Å²) < 4.78 is 0. The van der Waals surface area contributed by atoms with E-state index in [9.17, 15) is 0 Å².